The number of rotatable bonds is 5. The number of benzene rings is 1. The number of nitro groups is 1. The predicted octanol–water partition coefficient (Wildman–Crippen LogP) is 2.58. The number of ether oxygens (including phenoxy) is 1. The van der Waals surface area contributed by atoms with Gasteiger partial charge in [0.2, 0.25) is 0 Å². The van der Waals surface area contributed by atoms with Crippen LogP contribution in [-0.2, 0) is 4.74 Å². The molecule has 0 spiro atoms. The third-order valence-corrected chi connectivity index (χ3v) is 3.92. The average Bonchev–Trinajstić information content (AvgIpc) is 2.87. The van der Waals surface area contributed by atoms with E-state index in [1.165, 1.54) is 6.07 Å². The van der Waals surface area contributed by atoms with Crippen molar-refractivity contribution in [1.82, 2.24) is 0 Å². The Bertz CT molecular complexity index is 573. The van der Waals surface area contributed by atoms with Crippen LogP contribution in [0.25, 0.3) is 0 Å². The van der Waals surface area contributed by atoms with Gasteiger partial charge in [-0.25, -0.2) is 4.79 Å². The van der Waals surface area contributed by atoms with Gasteiger partial charge in [-0.05, 0) is 32.3 Å². The van der Waals surface area contributed by atoms with Gasteiger partial charge in [0.05, 0.1) is 22.6 Å². The van der Waals surface area contributed by atoms with E-state index in [4.69, 9.17) is 9.84 Å². The van der Waals surface area contributed by atoms with Crippen LogP contribution in [0.4, 0.5) is 11.4 Å². The molecular weight excluding hydrogens is 276 g/mol. The Kier molecular flexibility index (Phi) is 4.42. The Morgan fingerprint density at radius 2 is 2.19 bits per heavy atom. The fourth-order valence-corrected chi connectivity index (χ4v) is 2.73. The number of carboxylic acid groups (broad SMARTS) is 1. The number of aromatic carboxylic acids is 1. The molecule has 114 valence electrons. The molecule has 1 aromatic carbocycles. The van der Waals surface area contributed by atoms with Gasteiger partial charge in [-0.2, -0.15) is 0 Å². The smallest absolute Gasteiger partial charge is 0.336 e. The lowest BCUT2D eigenvalue weighted by molar-refractivity contribution is -0.385. The highest BCUT2D eigenvalue weighted by atomic mass is 16.6. The molecule has 1 fully saturated rings. The second kappa shape index (κ2) is 6.09. The van der Waals surface area contributed by atoms with E-state index in [2.05, 4.69) is 5.32 Å². The number of carbonyl (C=O) groups is 1. The third-order valence-electron chi connectivity index (χ3n) is 3.92. The van der Waals surface area contributed by atoms with Crippen molar-refractivity contribution in [2.24, 2.45) is 0 Å². The lowest BCUT2D eigenvalue weighted by Crippen LogP contribution is -2.30. The fraction of sp³-hybridized carbons (Fsp3) is 0.500. The first-order chi connectivity index (χ1) is 9.93. The number of nitrogens with one attached hydrogen (secondary N) is 1. The maximum absolute atomic E-state index is 11.1. The zero-order valence-corrected chi connectivity index (χ0v) is 12.0. The summed E-state index contributed by atoms with van der Waals surface area (Å²) in [6.45, 7) is 1.61. The summed E-state index contributed by atoms with van der Waals surface area (Å²) < 4.78 is 5.38. The number of nitro benzene ring substituents is 1. The predicted molar refractivity (Wildman–Crippen MR) is 76.9 cm³/mol. The average molecular weight is 294 g/mol. The topological polar surface area (TPSA) is 102 Å². The van der Waals surface area contributed by atoms with Crippen LogP contribution in [0.1, 0.15) is 35.2 Å². The van der Waals surface area contributed by atoms with Gasteiger partial charge in [-0.1, -0.05) is 0 Å². The molecule has 1 aliphatic rings. The van der Waals surface area contributed by atoms with Crippen molar-refractivity contribution < 1.29 is 19.6 Å². The Labute approximate surface area is 122 Å². The Balaban J connectivity index is 2.37. The van der Waals surface area contributed by atoms with Gasteiger partial charge in [0, 0.05) is 24.4 Å². The highest BCUT2D eigenvalue weighted by molar-refractivity contribution is 5.90. The minimum Gasteiger partial charge on any atom is -0.478 e. The van der Waals surface area contributed by atoms with Crippen molar-refractivity contribution in [3.05, 3.63) is 33.4 Å². The molecule has 0 bridgehead atoms. The zero-order valence-electron chi connectivity index (χ0n) is 12.0. The second-order valence-corrected chi connectivity index (χ2v) is 5.19. The van der Waals surface area contributed by atoms with Crippen LogP contribution in [0, 0.1) is 17.0 Å². The number of nitrogens with zero attached hydrogens (tertiary/aromatic N) is 1. The summed E-state index contributed by atoms with van der Waals surface area (Å²) in [5.74, 6) is -1.18. The molecule has 2 atom stereocenters. The maximum Gasteiger partial charge on any atom is 0.336 e. The number of methoxy groups -OCH3 is 1. The van der Waals surface area contributed by atoms with Crippen LogP contribution in [0.2, 0.25) is 0 Å². The monoisotopic (exact) mass is 294 g/mol. The molecule has 2 N–H and O–H groups in total. The first-order valence-corrected chi connectivity index (χ1v) is 6.75. The fourth-order valence-electron chi connectivity index (χ4n) is 2.73. The van der Waals surface area contributed by atoms with E-state index in [9.17, 15) is 14.9 Å². The van der Waals surface area contributed by atoms with Crippen molar-refractivity contribution in [3.63, 3.8) is 0 Å². The number of anilines is 1. The van der Waals surface area contributed by atoms with Crippen molar-refractivity contribution in [1.29, 1.82) is 0 Å². The van der Waals surface area contributed by atoms with Crippen LogP contribution in [0.15, 0.2) is 12.1 Å². The summed E-state index contributed by atoms with van der Waals surface area (Å²) in [5.41, 5.74) is 0.633. The molecule has 1 saturated carbocycles. The van der Waals surface area contributed by atoms with Gasteiger partial charge < -0.3 is 15.2 Å². The summed E-state index contributed by atoms with van der Waals surface area (Å²) in [5, 5.41) is 23.4. The van der Waals surface area contributed by atoms with Crippen LogP contribution < -0.4 is 5.32 Å². The first kappa shape index (κ1) is 15.2. The SMILES string of the molecule is COC1CCCC1Nc1cc(C(=O)O)cc([N+](=O)[O-])c1C. The molecule has 0 saturated heterocycles. The standard InChI is InChI=1S/C14H18N2O5/c1-8-11(15-10-4-3-5-13(10)21-2)6-9(14(17)18)7-12(8)16(19)20/h6-7,10,13,15H,3-5H2,1-2H3,(H,17,18). The lowest BCUT2D eigenvalue weighted by atomic mass is 10.1. The minimum atomic E-state index is -1.18. The van der Waals surface area contributed by atoms with E-state index in [1.54, 1.807) is 14.0 Å². The first-order valence-electron chi connectivity index (χ1n) is 6.75. The van der Waals surface area contributed by atoms with Crippen molar-refractivity contribution >= 4 is 17.3 Å². The van der Waals surface area contributed by atoms with Crippen LogP contribution >= 0.6 is 0 Å². The van der Waals surface area contributed by atoms with Crippen LogP contribution in [0.5, 0.6) is 0 Å². The molecule has 0 aromatic heterocycles. The maximum atomic E-state index is 11.1. The summed E-state index contributed by atoms with van der Waals surface area (Å²) in [4.78, 5) is 21.6. The van der Waals surface area contributed by atoms with E-state index in [-0.39, 0.29) is 23.4 Å². The summed E-state index contributed by atoms with van der Waals surface area (Å²) in [6.07, 6.45) is 2.87. The lowest BCUT2D eigenvalue weighted by Gasteiger charge is -2.22. The van der Waals surface area contributed by atoms with Gasteiger partial charge in [0.1, 0.15) is 0 Å². The summed E-state index contributed by atoms with van der Waals surface area (Å²) in [6, 6.07) is 2.57. The van der Waals surface area contributed by atoms with Crippen molar-refractivity contribution in [2.45, 2.75) is 38.3 Å². The molecule has 2 unspecified atom stereocenters. The van der Waals surface area contributed by atoms with E-state index in [0.29, 0.717) is 11.3 Å². The molecule has 0 radical (unpaired) electrons. The molecule has 0 heterocycles. The van der Waals surface area contributed by atoms with Gasteiger partial charge in [0.25, 0.3) is 5.69 Å². The largest absolute Gasteiger partial charge is 0.478 e. The number of hydrogen-bond acceptors (Lipinski definition) is 5. The van der Waals surface area contributed by atoms with E-state index < -0.39 is 10.9 Å². The van der Waals surface area contributed by atoms with Gasteiger partial charge >= 0.3 is 5.97 Å². The highest BCUT2D eigenvalue weighted by Gasteiger charge is 2.28. The van der Waals surface area contributed by atoms with Gasteiger partial charge in [-0.15, -0.1) is 0 Å². The third kappa shape index (κ3) is 3.13. The second-order valence-electron chi connectivity index (χ2n) is 5.19. The van der Waals surface area contributed by atoms with E-state index in [1.807, 2.05) is 0 Å². The van der Waals surface area contributed by atoms with E-state index in [0.717, 1.165) is 25.3 Å². The molecule has 7 heteroatoms. The van der Waals surface area contributed by atoms with Crippen molar-refractivity contribution in [2.75, 3.05) is 12.4 Å². The Morgan fingerprint density at radius 3 is 2.76 bits per heavy atom. The molecule has 0 aliphatic heterocycles. The van der Waals surface area contributed by atoms with E-state index >= 15 is 0 Å². The number of hydrogen-bond donors (Lipinski definition) is 2. The number of carboxylic acids is 1. The molecule has 2 rings (SSSR count). The van der Waals surface area contributed by atoms with Gasteiger partial charge in [-0.3, -0.25) is 10.1 Å². The highest BCUT2D eigenvalue weighted by Crippen LogP contribution is 2.31. The van der Waals surface area contributed by atoms with Gasteiger partial charge in [0.15, 0.2) is 0 Å². The molecule has 7 nitrogen and oxygen atoms in total. The quantitative estimate of drug-likeness (QED) is 0.639. The normalized spacial score (nSPS) is 21.2. The molecule has 0 amide bonds. The molecule has 1 aliphatic carbocycles. The minimum absolute atomic E-state index is 0.0388. The summed E-state index contributed by atoms with van der Waals surface area (Å²) in [7, 11) is 1.63. The van der Waals surface area contributed by atoms with Crippen molar-refractivity contribution in [3.8, 4) is 0 Å². The zero-order chi connectivity index (χ0) is 15.6. The molecule has 1 aromatic rings. The molecule has 21 heavy (non-hydrogen) atoms. The molecular formula is C14H18N2O5. The Hall–Kier alpha value is -2.15. The Morgan fingerprint density at radius 1 is 1.48 bits per heavy atom. The van der Waals surface area contributed by atoms with Crippen LogP contribution in [-0.4, -0.2) is 35.3 Å². The van der Waals surface area contributed by atoms with Crippen LogP contribution in [0.3, 0.4) is 0 Å². The summed E-state index contributed by atoms with van der Waals surface area (Å²) >= 11 is 0.